The first-order valence-electron chi connectivity index (χ1n) is 11.8. The Bertz CT molecular complexity index is 1220. The average Bonchev–Trinajstić information content (AvgIpc) is 3.26. The van der Waals surface area contributed by atoms with Crippen LogP contribution in [0.15, 0.2) is 57.8 Å². The summed E-state index contributed by atoms with van der Waals surface area (Å²) >= 11 is 6.14. The molecule has 3 aliphatic rings. The van der Waals surface area contributed by atoms with Gasteiger partial charge in [0.05, 0.1) is 5.69 Å². The van der Waals surface area contributed by atoms with Crippen LogP contribution in [0.2, 0.25) is 5.02 Å². The molecule has 7 nitrogen and oxygen atoms in total. The van der Waals surface area contributed by atoms with Crippen LogP contribution in [0.5, 0.6) is 0 Å². The number of rotatable bonds is 5. The second-order valence-corrected chi connectivity index (χ2v) is 11.6. The summed E-state index contributed by atoms with van der Waals surface area (Å²) in [6.07, 6.45) is 4.80. The van der Waals surface area contributed by atoms with Crippen molar-refractivity contribution in [2.75, 3.05) is 36.4 Å². The Balaban J connectivity index is 1.25. The van der Waals surface area contributed by atoms with Crippen molar-refractivity contribution in [1.82, 2.24) is 4.90 Å². The molecule has 0 unspecified atom stereocenters. The number of piperazine rings is 1. The lowest BCUT2D eigenvalue weighted by molar-refractivity contribution is -0.133. The zero-order valence-electron chi connectivity index (χ0n) is 19.0. The molecule has 2 aromatic carbocycles. The highest BCUT2D eigenvalue weighted by Gasteiger charge is 2.40. The predicted molar refractivity (Wildman–Crippen MR) is 135 cm³/mol. The number of para-hydroxylation sites is 1. The molecule has 9 heteroatoms. The molecule has 1 saturated heterocycles. The van der Waals surface area contributed by atoms with Gasteiger partial charge in [0.25, 0.3) is 10.0 Å². The first-order chi connectivity index (χ1) is 16.3. The highest BCUT2D eigenvalue weighted by Crippen LogP contribution is 2.45. The third-order valence-electron chi connectivity index (χ3n) is 7.21. The minimum atomic E-state index is -3.73. The number of fused-ring (bicyclic) bond motifs is 1. The van der Waals surface area contributed by atoms with Gasteiger partial charge in [-0.25, -0.2) is 0 Å². The zero-order chi connectivity index (χ0) is 23.8. The fourth-order valence-electron chi connectivity index (χ4n) is 5.46. The van der Waals surface area contributed by atoms with Gasteiger partial charge in [0.2, 0.25) is 5.91 Å². The maximum atomic E-state index is 13.3. The number of amides is 1. The van der Waals surface area contributed by atoms with Crippen LogP contribution in [0.4, 0.5) is 11.4 Å². The van der Waals surface area contributed by atoms with Crippen molar-refractivity contribution in [2.24, 2.45) is 9.81 Å². The summed E-state index contributed by atoms with van der Waals surface area (Å²) in [5.74, 6) is 0.589. The van der Waals surface area contributed by atoms with Crippen LogP contribution < -0.4 is 10.2 Å². The van der Waals surface area contributed by atoms with Gasteiger partial charge in [-0.2, -0.15) is 8.42 Å². The Morgan fingerprint density at radius 1 is 1.03 bits per heavy atom. The van der Waals surface area contributed by atoms with Gasteiger partial charge in [0.15, 0.2) is 0 Å². The molecular formula is C25H29ClN4O3S. The zero-order valence-corrected chi connectivity index (χ0v) is 20.6. The lowest BCUT2D eigenvalue weighted by Crippen LogP contribution is -2.49. The molecule has 2 heterocycles. The first-order valence-corrected chi connectivity index (χ1v) is 13.6. The predicted octanol–water partition coefficient (Wildman–Crippen LogP) is 4.54. The summed E-state index contributed by atoms with van der Waals surface area (Å²) in [5, 5.41) is 3.93. The van der Waals surface area contributed by atoms with Gasteiger partial charge in [-0.15, -0.1) is 4.40 Å². The van der Waals surface area contributed by atoms with Crippen LogP contribution in [0.1, 0.15) is 38.5 Å². The number of amidine groups is 1. The molecule has 2 fully saturated rings. The lowest BCUT2D eigenvalue weighted by Gasteiger charge is -2.38. The van der Waals surface area contributed by atoms with Crippen LogP contribution in [-0.2, 0) is 14.8 Å². The van der Waals surface area contributed by atoms with E-state index < -0.39 is 10.0 Å². The molecular weight excluding hydrogens is 472 g/mol. The number of hydrogen-bond donors (Lipinski definition) is 1. The molecule has 2 aliphatic heterocycles. The topological polar surface area (TPSA) is 82.1 Å². The largest absolute Gasteiger partial charge is 0.368 e. The van der Waals surface area contributed by atoms with Gasteiger partial charge in [-0.3, -0.25) is 4.79 Å². The molecule has 34 heavy (non-hydrogen) atoms. The van der Waals surface area contributed by atoms with Crippen LogP contribution in [0.3, 0.4) is 0 Å². The first kappa shape index (κ1) is 23.2. The third-order valence-corrected chi connectivity index (χ3v) is 8.82. The average molecular weight is 501 g/mol. The van der Waals surface area contributed by atoms with E-state index in [2.05, 4.69) is 14.6 Å². The van der Waals surface area contributed by atoms with Crippen molar-refractivity contribution >= 4 is 44.7 Å². The van der Waals surface area contributed by atoms with Crippen LogP contribution >= 0.6 is 11.6 Å². The van der Waals surface area contributed by atoms with Crippen molar-refractivity contribution in [2.45, 2.75) is 43.4 Å². The SMILES string of the molecule is O=C(CC1(CC2=NS(=O)(=O)c3ccccc3N2)CCCC1)N1CCN(c2cccc(Cl)c2)CC1. The second-order valence-electron chi connectivity index (χ2n) is 9.54. The van der Waals surface area contributed by atoms with Gasteiger partial charge in [0.1, 0.15) is 10.7 Å². The Kier molecular flexibility index (Phi) is 6.29. The molecule has 2 aromatic rings. The van der Waals surface area contributed by atoms with Gasteiger partial charge < -0.3 is 15.1 Å². The summed E-state index contributed by atoms with van der Waals surface area (Å²) < 4.78 is 29.4. The summed E-state index contributed by atoms with van der Waals surface area (Å²) in [7, 11) is -3.73. The molecule has 0 radical (unpaired) electrons. The van der Waals surface area contributed by atoms with E-state index in [4.69, 9.17) is 11.6 Å². The molecule has 0 bridgehead atoms. The molecule has 1 aliphatic carbocycles. The Morgan fingerprint density at radius 2 is 1.76 bits per heavy atom. The Labute approximate surface area is 205 Å². The number of halogens is 1. The molecule has 1 saturated carbocycles. The summed E-state index contributed by atoms with van der Waals surface area (Å²) in [6, 6.07) is 14.6. The number of carbonyl (C=O) groups is 1. The van der Waals surface area contributed by atoms with E-state index in [1.165, 1.54) is 0 Å². The summed E-state index contributed by atoms with van der Waals surface area (Å²) in [4.78, 5) is 17.7. The Morgan fingerprint density at radius 3 is 2.50 bits per heavy atom. The minimum absolute atomic E-state index is 0.146. The maximum Gasteiger partial charge on any atom is 0.286 e. The fourth-order valence-corrected chi connectivity index (χ4v) is 6.79. The number of sulfonamides is 1. The monoisotopic (exact) mass is 500 g/mol. The summed E-state index contributed by atoms with van der Waals surface area (Å²) in [5.41, 5.74) is 1.38. The standard InChI is InChI=1S/C25H29ClN4O3S/c26-19-6-5-7-20(16-19)29-12-14-30(15-13-29)24(31)18-25(10-3-4-11-25)17-23-27-21-8-1-2-9-22(21)34(32,33)28-23/h1-2,5-9,16H,3-4,10-15,17-18H2,(H,27,28). The molecule has 0 spiro atoms. The van der Waals surface area contributed by atoms with E-state index >= 15 is 0 Å². The van der Waals surface area contributed by atoms with E-state index in [1.54, 1.807) is 18.2 Å². The van der Waals surface area contributed by atoms with E-state index in [-0.39, 0.29) is 16.2 Å². The van der Waals surface area contributed by atoms with Crippen molar-refractivity contribution < 1.29 is 13.2 Å². The summed E-state index contributed by atoms with van der Waals surface area (Å²) in [6.45, 7) is 2.87. The van der Waals surface area contributed by atoms with E-state index in [9.17, 15) is 13.2 Å². The van der Waals surface area contributed by atoms with Crippen LogP contribution in [-0.4, -0.2) is 51.2 Å². The molecule has 180 valence electrons. The van der Waals surface area contributed by atoms with E-state index in [1.807, 2.05) is 35.2 Å². The number of hydrogen-bond acceptors (Lipinski definition) is 5. The number of anilines is 2. The highest BCUT2D eigenvalue weighted by molar-refractivity contribution is 7.90. The maximum absolute atomic E-state index is 13.3. The Hall–Kier alpha value is -2.58. The molecule has 1 amide bonds. The minimum Gasteiger partial charge on any atom is -0.368 e. The molecule has 0 aromatic heterocycles. The molecule has 0 atom stereocenters. The fraction of sp³-hybridized carbons (Fsp3) is 0.440. The number of benzene rings is 2. The van der Waals surface area contributed by atoms with E-state index in [0.717, 1.165) is 44.5 Å². The van der Waals surface area contributed by atoms with Gasteiger partial charge >= 0.3 is 0 Å². The van der Waals surface area contributed by atoms with Crippen molar-refractivity contribution in [3.63, 3.8) is 0 Å². The van der Waals surface area contributed by atoms with Gasteiger partial charge in [-0.1, -0.05) is 42.6 Å². The smallest absolute Gasteiger partial charge is 0.286 e. The van der Waals surface area contributed by atoms with Gasteiger partial charge in [0, 0.05) is 49.7 Å². The van der Waals surface area contributed by atoms with Crippen LogP contribution in [0.25, 0.3) is 0 Å². The normalized spacial score (nSPS) is 20.9. The van der Waals surface area contributed by atoms with Crippen molar-refractivity contribution in [1.29, 1.82) is 0 Å². The van der Waals surface area contributed by atoms with Crippen molar-refractivity contribution in [3.05, 3.63) is 53.6 Å². The number of nitrogens with zero attached hydrogens (tertiary/aromatic N) is 3. The number of nitrogens with one attached hydrogen (secondary N) is 1. The number of carbonyl (C=O) groups excluding carboxylic acids is 1. The quantitative estimate of drug-likeness (QED) is 0.651. The van der Waals surface area contributed by atoms with Crippen molar-refractivity contribution in [3.8, 4) is 0 Å². The van der Waals surface area contributed by atoms with Crippen LogP contribution in [0, 0.1) is 5.41 Å². The molecule has 1 N–H and O–H groups in total. The molecule has 5 rings (SSSR count). The lowest BCUT2D eigenvalue weighted by atomic mass is 9.78. The highest BCUT2D eigenvalue weighted by atomic mass is 35.5. The second kappa shape index (κ2) is 9.23. The third kappa shape index (κ3) is 4.79. The van der Waals surface area contributed by atoms with E-state index in [0.29, 0.717) is 42.5 Å². The van der Waals surface area contributed by atoms with Gasteiger partial charge in [-0.05, 0) is 48.6 Å².